The van der Waals surface area contributed by atoms with E-state index in [1.54, 1.807) is 10.3 Å². The highest BCUT2D eigenvalue weighted by atomic mass is 32.2. The molecule has 1 fully saturated rings. The highest BCUT2D eigenvalue weighted by molar-refractivity contribution is 7.91. The summed E-state index contributed by atoms with van der Waals surface area (Å²) < 4.78 is 30.0. The SMILES string of the molecule is CC(C)c1ccc(-c2nc(CS(=O)(=O)CC(=O)N3CCOCC3)cs2)cc1. The molecule has 146 valence electrons. The smallest absolute Gasteiger partial charge is 0.237 e. The van der Waals surface area contributed by atoms with Crippen LogP contribution in [0.15, 0.2) is 29.6 Å². The van der Waals surface area contributed by atoms with Crippen molar-refractivity contribution in [3.63, 3.8) is 0 Å². The molecule has 0 spiro atoms. The molecule has 6 nitrogen and oxygen atoms in total. The zero-order chi connectivity index (χ0) is 19.4. The Bertz CT molecular complexity index is 883. The maximum atomic E-state index is 12.4. The predicted octanol–water partition coefficient (Wildman–Crippen LogP) is 2.71. The molecule has 2 aromatic rings. The fourth-order valence-electron chi connectivity index (χ4n) is 2.88. The fourth-order valence-corrected chi connectivity index (χ4v) is 5.08. The molecule has 1 aromatic heterocycles. The summed E-state index contributed by atoms with van der Waals surface area (Å²) >= 11 is 1.42. The van der Waals surface area contributed by atoms with Crippen LogP contribution in [-0.2, 0) is 25.1 Å². The number of thiazole rings is 1. The lowest BCUT2D eigenvalue weighted by Gasteiger charge is -2.26. The Labute approximate surface area is 164 Å². The number of hydrogen-bond donors (Lipinski definition) is 0. The Morgan fingerprint density at radius 3 is 2.52 bits per heavy atom. The van der Waals surface area contributed by atoms with E-state index in [2.05, 4.69) is 31.0 Å². The molecular weight excluding hydrogens is 384 g/mol. The Morgan fingerprint density at radius 1 is 1.22 bits per heavy atom. The van der Waals surface area contributed by atoms with Gasteiger partial charge in [0.1, 0.15) is 10.8 Å². The minimum absolute atomic E-state index is 0.219. The van der Waals surface area contributed by atoms with Gasteiger partial charge in [-0.1, -0.05) is 38.1 Å². The molecule has 0 bridgehead atoms. The van der Waals surface area contributed by atoms with E-state index in [9.17, 15) is 13.2 Å². The van der Waals surface area contributed by atoms with Crippen molar-refractivity contribution in [1.82, 2.24) is 9.88 Å². The van der Waals surface area contributed by atoms with Gasteiger partial charge in [0.25, 0.3) is 0 Å². The molecule has 0 atom stereocenters. The van der Waals surface area contributed by atoms with E-state index in [4.69, 9.17) is 4.74 Å². The van der Waals surface area contributed by atoms with Gasteiger partial charge in [-0.05, 0) is 11.5 Å². The Hall–Kier alpha value is -1.77. The molecule has 1 amide bonds. The highest BCUT2D eigenvalue weighted by Gasteiger charge is 2.24. The number of benzene rings is 1. The molecule has 27 heavy (non-hydrogen) atoms. The van der Waals surface area contributed by atoms with Gasteiger partial charge in [0, 0.05) is 24.0 Å². The van der Waals surface area contributed by atoms with E-state index in [0.717, 1.165) is 10.6 Å². The summed E-state index contributed by atoms with van der Waals surface area (Å²) in [6.45, 7) is 6.08. The van der Waals surface area contributed by atoms with Crippen LogP contribution in [0.4, 0.5) is 0 Å². The van der Waals surface area contributed by atoms with Crippen molar-refractivity contribution in [2.75, 3.05) is 32.1 Å². The van der Waals surface area contributed by atoms with Gasteiger partial charge in [-0.2, -0.15) is 0 Å². The number of nitrogens with zero attached hydrogens (tertiary/aromatic N) is 2. The van der Waals surface area contributed by atoms with Crippen LogP contribution in [0.25, 0.3) is 10.6 Å². The third kappa shape index (κ3) is 5.37. The maximum Gasteiger partial charge on any atom is 0.237 e. The van der Waals surface area contributed by atoms with Crippen LogP contribution in [0.1, 0.15) is 31.0 Å². The van der Waals surface area contributed by atoms with E-state index in [-0.39, 0.29) is 11.7 Å². The quantitative estimate of drug-likeness (QED) is 0.735. The summed E-state index contributed by atoms with van der Waals surface area (Å²) in [6, 6.07) is 8.15. The largest absolute Gasteiger partial charge is 0.378 e. The van der Waals surface area contributed by atoms with Crippen LogP contribution in [-0.4, -0.2) is 56.3 Å². The van der Waals surface area contributed by atoms with Crippen LogP contribution < -0.4 is 0 Å². The second-order valence-corrected chi connectivity index (χ2v) is 9.87. The summed E-state index contributed by atoms with van der Waals surface area (Å²) in [5.74, 6) is -0.606. The highest BCUT2D eigenvalue weighted by Crippen LogP contribution is 2.26. The first-order valence-corrected chi connectivity index (χ1v) is 11.6. The zero-order valence-corrected chi connectivity index (χ0v) is 17.2. The summed E-state index contributed by atoms with van der Waals surface area (Å²) in [4.78, 5) is 18.2. The topological polar surface area (TPSA) is 76.6 Å². The van der Waals surface area contributed by atoms with Crippen molar-refractivity contribution in [3.05, 3.63) is 40.9 Å². The van der Waals surface area contributed by atoms with Gasteiger partial charge in [-0.25, -0.2) is 13.4 Å². The summed E-state index contributed by atoms with van der Waals surface area (Å²) in [5.41, 5.74) is 2.70. The summed E-state index contributed by atoms with van der Waals surface area (Å²) in [6.07, 6.45) is 0. The molecule has 1 aliphatic heterocycles. The average Bonchev–Trinajstić information content (AvgIpc) is 3.09. The number of hydrogen-bond acceptors (Lipinski definition) is 6. The second-order valence-electron chi connectivity index (χ2n) is 6.95. The lowest BCUT2D eigenvalue weighted by molar-refractivity contribution is -0.132. The minimum atomic E-state index is -3.56. The molecule has 0 aliphatic carbocycles. The molecule has 1 saturated heterocycles. The number of ether oxygens (including phenoxy) is 1. The van der Waals surface area contributed by atoms with E-state index >= 15 is 0 Å². The molecule has 8 heteroatoms. The molecule has 0 unspecified atom stereocenters. The third-order valence-corrected chi connectivity index (χ3v) is 6.81. The second kappa shape index (κ2) is 8.50. The average molecular weight is 409 g/mol. The fraction of sp³-hybridized carbons (Fsp3) is 0.474. The number of amides is 1. The number of carbonyl (C=O) groups is 1. The van der Waals surface area contributed by atoms with Crippen molar-refractivity contribution in [2.24, 2.45) is 0 Å². The molecule has 1 aromatic carbocycles. The molecular formula is C19H24N2O4S2. The number of carbonyl (C=O) groups excluding carboxylic acids is 1. The van der Waals surface area contributed by atoms with Crippen LogP contribution in [0, 0.1) is 0 Å². The van der Waals surface area contributed by atoms with Gasteiger partial charge in [0.05, 0.1) is 24.7 Å². The van der Waals surface area contributed by atoms with Gasteiger partial charge in [0.2, 0.25) is 5.91 Å². The molecule has 1 aliphatic rings. The van der Waals surface area contributed by atoms with E-state index < -0.39 is 15.6 Å². The molecule has 2 heterocycles. The molecule has 0 saturated carbocycles. The van der Waals surface area contributed by atoms with Crippen LogP contribution in [0.3, 0.4) is 0 Å². The summed E-state index contributed by atoms with van der Waals surface area (Å²) in [5, 5.41) is 2.54. The third-order valence-electron chi connectivity index (χ3n) is 4.45. The first kappa shape index (κ1) is 20.0. The van der Waals surface area contributed by atoms with Crippen molar-refractivity contribution in [2.45, 2.75) is 25.5 Å². The van der Waals surface area contributed by atoms with Crippen molar-refractivity contribution < 1.29 is 17.9 Å². The lowest BCUT2D eigenvalue weighted by atomic mass is 10.0. The predicted molar refractivity (Wildman–Crippen MR) is 107 cm³/mol. The van der Waals surface area contributed by atoms with Crippen LogP contribution in [0.5, 0.6) is 0 Å². The number of aromatic nitrogens is 1. The first-order valence-electron chi connectivity index (χ1n) is 8.95. The zero-order valence-electron chi connectivity index (χ0n) is 15.6. The lowest BCUT2D eigenvalue weighted by Crippen LogP contribution is -2.43. The van der Waals surface area contributed by atoms with E-state index in [1.165, 1.54) is 16.9 Å². The Kier molecular flexibility index (Phi) is 6.29. The molecule has 0 radical (unpaired) electrons. The van der Waals surface area contributed by atoms with Gasteiger partial charge in [-0.3, -0.25) is 4.79 Å². The Morgan fingerprint density at radius 2 is 1.89 bits per heavy atom. The molecule has 0 N–H and O–H groups in total. The van der Waals surface area contributed by atoms with E-state index in [1.807, 2.05) is 12.1 Å². The number of morpholine rings is 1. The monoisotopic (exact) mass is 408 g/mol. The van der Waals surface area contributed by atoms with E-state index in [0.29, 0.717) is 37.9 Å². The maximum absolute atomic E-state index is 12.4. The first-order chi connectivity index (χ1) is 12.8. The van der Waals surface area contributed by atoms with Gasteiger partial charge in [0.15, 0.2) is 9.84 Å². The van der Waals surface area contributed by atoms with Gasteiger partial charge >= 0.3 is 0 Å². The van der Waals surface area contributed by atoms with Crippen molar-refractivity contribution >= 4 is 27.1 Å². The Balaban J connectivity index is 1.64. The van der Waals surface area contributed by atoms with Gasteiger partial charge < -0.3 is 9.64 Å². The molecule has 3 rings (SSSR count). The standard InChI is InChI=1S/C19H24N2O4S2/c1-14(2)15-3-5-16(6-4-15)19-20-17(11-26-19)12-27(23,24)13-18(22)21-7-9-25-10-8-21/h3-6,11,14H,7-10,12-13H2,1-2H3. The number of sulfone groups is 1. The number of rotatable bonds is 6. The van der Waals surface area contributed by atoms with Crippen molar-refractivity contribution in [3.8, 4) is 10.6 Å². The van der Waals surface area contributed by atoms with Crippen molar-refractivity contribution in [1.29, 1.82) is 0 Å². The van der Waals surface area contributed by atoms with Crippen LogP contribution in [0.2, 0.25) is 0 Å². The minimum Gasteiger partial charge on any atom is -0.378 e. The van der Waals surface area contributed by atoms with Crippen LogP contribution >= 0.6 is 11.3 Å². The summed E-state index contributed by atoms with van der Waals surface area (Å²) in [7, 11) is -3.56. The normalized spacial score (nSPS) is 15.3. The van der Waals surface area contributed by atoms with Gasteiger partial charge in [-0.15, -0.1) is 11.3 Å².